The minimum absolute atomic E-state index is 0.0319. The van der Waals surface area contributed by atoms with Gasteiger partial charge in [-0.1, -0.05) is 38.0 Å². The Labute approximate surface area is 497 Å². The molecule has 8 aliphatic rings. The van der Waals surface area contributed by atoms with Crippen LogP contribution < -0.4 is 0 Å². The average Bonchev–Trinajstić information content (AvgIpc) is 1.35. The molecule has 0 aromatic heterocycles. The van der Waals surface area contributed by atoms with Gasteiger partial charge in [-0.25, -0.2) is 4.79 Å². The summed E-state index contributed by atoms with van der Waals surface area (Å²) in [5.74, 6) is -2.74. The van der Waals surface area contributed by atoms with Crippen LogP contribution in [0.15, 0.2) is 22.8 Å². The van der Waals surface area contributed by atoms with E-state index in [4.69, 9.17) is 52.1 Å². The van der Waals surface area contributed by atoms with E-state index in [2.05, 4.69) is 19.9 Å². The molecule has 3 saturated carbocycles. The summed E-state index contributed by atoms with van der Waals surface area (Å²) < 4.78 is 62.7. The standard InChI is InChI=1S/C58H90O28/c1-22(15-34(78-27(6)63)24(3)31-11-12-32-30-10-9-28-16-29(79-53-47(72)43(68)40(65)35(18-59)80-53)17-39(64)58(28,8)33(30)13-14-57(31,32)7)23(2)52(75)86-56-51(45(70)41(66)36(19-60)81-56)85-55-49(74)46(71)50(38(83-55)21-77-26(5)62)84-54-48(73)44(69)42(67)37(82-54)20-76-25(4)61/h9,24,29-51,53-56,59-60,64-74H,10-21H2,1-8H3/b23-22+/t24-,29+,30-,31+,32-,33-,34?,35+,36+,37+,38+,39-,40+,41+,42+,43-,44-,45-,46+,47+,48+,49+,50+,51+,53+,54-,55-,56-,57+,58-/m0/s1. The molecule has 4 saturated heterocycles. The first-order chi connectivity index (χ1) is 40.5. The summed E-state index contributed by atoms with van der Waals surface area (Å²) in [5, 5.41) is 141. The second kappa shape index (κ2) is 28.0. The smallest absolute Gasteiger partial charge is 0.336 e. The summed E-state index contributed by atoms with van der Waals surface area (Å²) in [4.78, 5) is 50.6. The lowest BCUT2D eigenvalue weighted by Gasteiger charge is -2.60. The molecule has 0 spiro atoms. The Balaban J connectivity index is 0.943. The maximum atomic E-state index is 14.2. The van der Waals surface area contributed by atoms with E-state index in [0.29, 0.717) is 12.0 Å². The molecule has 86 heavy (non-hydrogen) atoms. The Bertz CT molecular complexity index is 2420. The van der Waals surface area contributed by atoms with Crippen molar-refractivity contribution in [3.63, 3.8) is 0 Å². The topological polar surface area (TPSA) is 433 Å². The molecular formula is C58H90O28. The molecule has 0 aromatic rings. The van der Waals surface area contributed by atoms with E-state index >= 15 is 0 Å². The zero-order chi connectivity index (χ0) is 63.2. The van der Waals surface area contributed by atoms with E-state index in [-0.39, 0.29) is 53.4 Å². The van der Waals surface area contributed by atoms with Gasteiger partial charge in [0.1, 0.15) is 111 Å². The van der Waals surface area contributed by atoms with Gasteiger partial charge in [-0.05, 0) is 87.4 Å². The fraction of sp³-hybridized carbons (Fsp3) is 0.862. The van der Waals surface area contributed by atoms with Gasteiger partial charge in [-0.15, -0.1) is 0 Å². The van der Waals surface area contributed by atoms with Gasteiger partial charge in [-0.2, -0.15) is 0 Å². The molecule has 1 unspecified atom stereocenters. The summed E-state index contributed by atoms with van der Waals surface area (Å²) in [6, 6.07) is 0. The number of ether oxygens (including phenoxy) is 11. The van der Waals surface area contributed by atoms with Gasteiger partial charge in [-0.3, -0.25) is 14.4 Å². The number of carbonyl (C=O) groups excluding carboxylic acids is 4. The number of aliphatic hydroxyl groups excluding tert-OH is 13. The largest absolute Gasteiger partial charge is 0.463 e. The van der Waals surface area contributed by atoms with Gasteiger partial charge in [0.2, 0.25) is 6.29 Å². The number of hydrogen-bond donors (Lipinski definition) is 13. The molecule has 0 amide bonds. The van der Waals surface area contributed by atoms with Crippen molar-refractivity contribution in [1.29, 1.82) is 0 Å². The molecule has 4 heterocycles. The molecular weight excluding hydrogens is 1140 g/mol. The van der Waals surface area contributed by atoms with Crippen LogP contribution >= 0.6 is 0 Å². The van der Waals surface area contributed by atoms with Crippen molar-refractivity contribution in [3.05, 3.63) is 22.8 Å². The van der Waals surface area contributed by atoms with Gasteiger partial charge < -0.3 is 118 Å². The molecule has 4 aliphatic carbocycles. The van der Waals surface area contributed by atoms with E-state index in [1.165, 1.54) is 13.8 Å². The van der Waals surface area contributed by atoms with Crippen molar-refractivity contribution in [2.24, 2.45) is 40.4 Å². The van der Waals surface area contributed by atoms with Gasteiger partial charge >= 0.3 is 23.9 Å². The minimum atomic E-state index is -2.15. The zero-order valence-electron chi connectivity index (χ0n) is 49.7. The van der Waals surface area contributed by atoms with E-state index in [1.807, 2.05) is 6.92 Å². The van der Waals surface area contributed by atoms with Crippen LogP contribution in [0.25, 0.3) is 0 Å². The molecule has 13 N–H and O–H groups in total. The molecule has 0 aromatic carbocycles. The molecule has 30 atom stereocenters. The van der Waals surface area contributed by atoms with Crippen LogP contribution in [0.3, 0.4) is 0 Å². The van der Waals surface area contributed by atoms with Crippen LogP contribution in [0, 0.1) is 40.4 Å². The second-order valence-electron chi connectivity index (χ2n) is 25.3. The Morgan fingerprint density at radius 3 is 1.70 bits per heavy atom. The Kier molecular flexibility index (Phi) is 22.3. The van der Waals surface area contributed by atoms with Crippen molar-refractivity contribution in [1.82, 2.24) is 0 Å². The van der Waals surface area contributed by atoms with Crippen molar-refractivity contribution in [2.45, 2.75) is 248 Å². The second-order valence-corrected chi connectivity index (χ2v) is 25.3. The van der Waals surface area contributed by atoms with Crippen LogP contribution in [0.1, 0.15) is 107 Å². The summed E-state index contributed by atoms with van der Waals surface area (Å²) in [6.45, 7) is 10.2. The average molecular weight is 1240 g/mol. The maximum Gasteiger partial charge on any atom is 0.336 e. The number of aliphatic hydroxyl groups is 13. The van der Waals surface area contributed by atoms with Crippen LogP contribution in [0.2, 0.25) is 0 Å². The molecule has 0 bridgehead atoms. The Morgan fingerprint density at radius 1 is 0.593 bits per heavy atom. The molecule has 0 radical (unpaired) electrons. The minimum Gasteiger partial charge on any atom is -0.463 e. The predicted octanol–water partition coefficient (Wildman–Crippen LogP) is -2.85. The van der Waals surface area contributed by atoms with Crippen molar-refractivity contribution >= 4 is 23.9 Å². The maximum absolute atomic E-state index is 14.2. The summed E-state index contributed by atoms with van der Waals surface area (Å²) in [7, 11) is 0. The summed E-state index contributed by atoms with van der Waals surface area (Å²) >= 11 is 0. The number of esters is 4. The molecule has 4 aliphatic heterocycles. The third-order valence-electron chi connectivity index (χ3n) is 20.2. The van der Waals surface area contributed by atoms with Crippen LogP contribution in [-0.4, -0.2) is 258 Å². The number of allylic oxidation sites excluding steroid dienone is 1. The molecule has 8 rings (SSSR count). The van der Waals surface area contributed by atoms with Crippen LogP contribution in [0.4, 0.5) is 0 Å². The van der Waals surface area contributed by atoms with E-state index in [9.17, 15) is 85.6 Å². The normalized spacial score (nSPS) is 46.0. The summed E-state index contributed by atoms with van der Waals surface area (Å²) in [6.07, 6.45) is -30.3. The number of rotatable bonds is 19. The highest BCUT2D eigenvalue weighted by molar-refractivity contribution is 5.88. The summed E-state index contributed by atoms with van der Waals surface area (Å²) in [5.41, 5.74) is 0.734. The Morgan fingerprint density at radius 2 is 1.10 bits per heavy atom. The molecule has 7 fully saturated rings. The van der Waals surface area contributed by atoms with E-state index in [1.54, 1.807) is 6.92 Å². The van der Waals surface area contributed by atoms with E-state index < -0.39 is 197 Å². The van der Waals surface area contributed by atoms with Gasteiger partial charge in [0.25, 0.3) is 0 Å². The SMILES string of the molecule is CC(=O)OC[C@H]1O[C@@H](O[C@H]2[C@H](O)[C@@H](O)[C@H](O[C@H]3[C@H](OC(=O)/C(C)=C(\C)CC(OC(C)=O)[C@@H](C)[C@H]4CC[C@H]5[C@@H]6CC=C7C[C@@H](O[C@@H]8O[C@H](CO)[C@@H](O)[C@H](O)[C@H]8O)C[C@H](O)[C@]7(C)[C@H]6CC[C@]45C)O[C@H](CO)[C@@H](O)[C@@H]3O)O[C@@H]2COC(C)=O)[C@H](O)[C@@H](O)[C@@H]1O. The number of hydrogen-bond acceptors (Lipinski definition) is 28. The first kappa shape index (κ1) is 68.5. The third-order valence-corrected chi connectivity index (χ3v) is 20.2. The molecule has 28 nitrogen and oxygen atoms in total. The Hall–Kier alpha value is -3.44. The van der Waals surface area contributed by atoms with Gasteiger partial charge in [0.15, 0.2) is 25.0 Å². The van der Waals surface area contributed by atoms with Gasteiger partial charge in [0, 0.05) is 44.6 Å². The number of fused-ring (bicyclic) bond motifs is 5. The lowest BCUT2D eigenvalue weighted by atomic mass is 9.46. The fourth-order valence-electron chi connectivity index (χ4n) is 15.2. The van der Waals surface area contributed by atoms with Crippen molar-refractivity contribution in [2.75, 3.05) is 26.4 Å². The molecule has 490 valence electrons. The highest BCUT2D eigenvalue weighted by Crippen LogP contribution is 2.67. The van der Waals surface area contributed by atoms with Gasteiger partial charge in [0.05, 0.1) is 25.4 Å². The van der Waals surface area contributed by atoms with Crippen LogP contribution in [-0.2, 0) is 71.3 Å². The lowest BCUT2D eigenvalue weighted by Crippen LogP contribution is -2.66. The monoisotopic (exact) mass is 1230 g/mol. The first-order valence-corrected chi connectivity index (χ1v) is 29.8. The number of carbonyl (C=O) groups is 4. The zero-order valence-corrected chi connectivity index (χ0v) is 49.7. The highest BCUT2D eigenvalue weighted by atomic mass is 16.8. The first-order valence-electron chi connectivity index (χ1n) is 29.8. The predicted molar refractivity (Wildman–Crippen MR) is 287 cm³/mol. The van der Waals surface area contributed by atoms with E-state index in [0.717, 1.165) is 51.5 Å². The van der Waals surface area contributed by atoms with Crippen LogP contribution in [0.5, 0.6) is 0 Å². The molecule has 28 heteroatoms. The lowest BCUT2D eigenvalue weighted by molar-refractivity contribution is -0.381. The third kappa shape index (κ3) is 13.8. The quantitative estimate of drug-likeness (QED) is 0.0268. The highest BCUT2D eigenvalue weighted by Gasteiger charge is 2.63. The fourth-order valence-corrected chi connectivity index (χ4v) is 15.2. The van der Waals surface area contributed by atoms with Crippen molar-refractivity contribution < 1.29 is 138 Å². The van der Waals surface area contributed by atoms with Crippen molar-refractivity contribution in [3.8, 4) is 0 Å².